The van der Waals surface area contributed by atoms with Crippen LogP contribution in [0.15, 0.2) is 24.5 Å². The second-order valence-corrected chi connectivity index (χ2v) is 4.97. The first-order valence-corrected chi connectivity index (χ1v) is 6.66. The van der Waals surface area contributed by atoms with Gasteiger partial charge in [-0.1, -0.05) is 6.92 Å². The van der Waals surface area contributed by atoms with Crippen LogP contribution < -0.4 is 5.32 Å². The van der Waals surface area contributed by atoms with Crippen molar-refractivity contribution in [3.63, 3.8) is 0 Å². The molecule has 17 heavy (non-hydrogen) atoms. The maximum atomic E-state index is 4.06. The lowest BCUT2D eigenvalue weighted by Gasteiger charge is -2.39. The second kappa shape index (κ2) is 6.12. The molecule has 2 atom stereocenters. The zero-order valence-corrected chi connectivity index (χ0v) is 10.9. The van der Waals surface area contributed by atoms with Gasteiger partial charge in [0.05, 0.1) is 0 Å². The van der Waals surface area contributed by atoms with E-state index in [9.17, 15) is 0 Å². The maximum Gasteiger partial charge on any atom is 0.0270 e. The predicted molar refractivity (Wildman–Crippen MR) is 71.1 cm³/mol. The van der Waals surface area contributed by atoms with Crippen molar-refractivity contribution < 1.29 is 0 Å². The molecule has 1 aromatic heterocycles. The van der Waals surface area contributed by atoms with Crippen LogP contribution in [-0.2, 0) is 6.42 Å². The summed E-state index contributed by atoms with van der Waals surface area (Å²) in [5.41, 5.74) is 1.39. The summed E-state index contributed by atoms with van der Waals surface area (Å²) < 4.78 is 0. The van der Waals surface area contributed by atoms with Crippen LogP contribution in [0.4, 0.5) is 0 Å². The van der Waals surface area contributed by atoms with Crippen molar-refractivity contribution in [2.45, 2.75) is 38.8 Å². The lowest BCUT2D eigenvalue weighted by Crippen LogP contribution is -2.55. The Kier molecular flexibility index (Phi) is 4.51. The van der Waals surface area contributed by atoms with Crippen LogP contribution in [0, 0.1) is 0 Å². The van der Waals surface area contributed by atoms with Crippen molar-refractivity contribution >= 4 is 0 Å². The summed E-state index contributed by atoms with van der Waals surface area (Å²) in [4.78, 5) is 6.69. The third-order valence-corrected chi connectivity index (χ3v) is 3.64. The highest BCUT2D eigenvalue weighted by Crippen LogP contribution is 2.11. The molecule has 3 heteroatoms. The van der Waals surface area contributed by atoms with Crippen molar-refractivity contribution in [1.29, 1.82) is 0 Å². The topological polar surface area (TPSA) is 28.2 Å². The molecular formula is C14H23N3. The molecule has 1 aliphatic heterocycles. The van der Waals surface area contributed by atoms with Gasteiger partial charge in [0.2, 0.25) is 0 Å². The molecule has 3 nitrogen and oxygen atoms in total. The van der Waals surface area contributed by atoms with Gasteiger partial charge in [-0.15, -0.1) is 0 Å². The fraction of sp³-hybridized carbons (Fsp3) is 0.643. The molecule has 2 unspecified atom stereocenters. The molecule has 0 radical (unpaired) electrons. The van der Waals surface area contributed by atoms with Gasteiger partial charge in [-0.05, 0) is 37.5 Å². The van der Waals surface area contributed by atoms with Gasteiger partial charge in [0.15, 0.2) is 0 Å². The number of hydrogen-bond donors (Lipinski definition) is 1. The minimum atomic E-state index is 0.621. The Balaban J connectivity index is 1.88. The number of pyridine rings is 1. The molecule has 94 valence electrons. The molecule has 0 spiro atoms. The number of piperazine rings is 1. The Hall–Kier alpha value is -0.930. The van der Waals surface area contributed by atoms with Crippen LogP contribution in [0.3, 0.4) is 0 Å². The van der Waals surface area contributed by atoms with E-state index in [1.165, 1.54) is 18.5 Å². The van der Waals surface area contributed by atoms with Gasteiger partial charge in [-0.3, -0.25) is 9.88 Å². The molecule has 1 fully saturated rings. The maximum absolute atomic E-state index is 4.06. The highest BCUT2D eigenvalue weighted by Gasteiger charge is 2.23. The fourth-order valence-corrected chi connectivity index (χ4v) is 2.53. The molecule has 2 rings (SSSR count). The zero-order valence-electron chi connectivity index (χ0n) is 10.9. The van der Waals surface area contributed by atoms with Gasteiger partial charge in [0, 0.05) is 44.1 Å². The van der Waals surface area contributed by atoms with Crippen LogP contribution in [0.25, 0.3) is 0 Å². The van der Waals surface area contributed by atoms with Gasteiger partial charge in [-0.2, -0.15) is 0 Å². The van der Waals surface area contributed by atoms with Crippen molar-refractivity contribution in [2.75, 3.05) is 19.6 Å². The predicted octanol–water partition coefficient (Wildman–Crippen LogP) is 1.70. The van der Waals surface area contributed by atoms with Crippen LogP contribution in [0.1, 0.15) is 25.8 Å². The summed E-state index contributed by atoms with van der Waals surface area (Å²) >= 11 is 0. The quantitative estimate of drug-likeness (QED) is 0.858. The summed E-state index contributed by atoms with van der Waals surface area (Å²) in [6.45, 7) is 8.01. The molecule has 0 aliphatic carbocycles. The van der Waals surface area contributed by atoms with Gasteiger partial charge >= 0.3 is 0 Å². The molecular weight excluding hydrogens is 210 g/mol. The molecule has 0 amide bonds. The van der Waals surface area contributed by atoms with E-state index < -0.39 is 0 Å². The summed E-state index contributed by atoms with van der Waals surface area (Å²) in [7, 11) is 0. The van der Waals surface area contributed by atoms with E-state index >= 15 is 0 Å². The number of rotatable bonds is 4. The lowest BCUT2D eigenvalue weighted by molar-refractivity contribution is 0.133. The highest BCUT2D eigenvalue weighted by atomic mass is 15.2. The van der Waals surface area contributed by atoms with E-state index in [0.717, 1.165) is 19.5 Å². The Morgan fingerprint density at radius 1 is 1.41 bits per heavy atom. The van der Waals surface area contributed by atoms with Crippen molar-refractivity contribution in [1.82, 2.24) is 15.2 Å². The number of hydrogen-bond acceptors (Lipinski definition) is 3. The SMILES string of the molecule is CCC1CNC(C)CN1CCc1ccncc1. The van der Waals surface area contributed by atoms with Crippen LogP contribution >= 0.6 is 0 Å². The molecule has 0 bridgehead atoms. The molecule has 1 aliphatic rings. The minimum absolute atomic E-state index is 0.621. The van der Waals surface area contributed by atoms with Crippen LogP contribution in [-0.4, -0.2) is 41.6 Å². The molecule has 2 heterocycles. The number of nitrogens with one attached hydrogen (secondary N) is 1. The van der Waals surface area contributed by atoms with E-state index in [1.54, 1.807) is 0 Å². The molecule has 0 aromatic carbocycles. The standard InChI is InChI=1S/C14H23N3/c1-3-14-10-16-12(2)11-17(14)9-6-13-4-7-15-8-5-13/h4-5,7-8,12,14,16H,3,6,9-11H2,1-2H3. The largest absolute Gasteiger partial charge is 0.311 e. The average molecular weight is 233 g/mol. The number of aromatic nitrogens is 1. The van der Waals surface area contributed by atoms with E-state index in [4.69, 9.17) is 0 Å². The minimum Gasteiger partial charge on any atom is -0.311 e. The Bertz CT molecular complexity index is 325. The van der Waals surface area contributed by atoms with E-state index in [-0.39, 0.29) is 0 Å². The molecule has 1 N–H and O–H groups in total. The number of nitrogens with zero attached hydrogens (tertiary/aromatic N) is 2. The summed E-state index contributed by atoms with van der Waals surface area (Å²) in [6.07, 6.45) is 6.13. The average Bonchev–Trinajstić information content (AvgIpc) is 2.38. The van der Waals surface area contributed by atoms with Crippen molar-refractivity contribution in [3.8, 4) is 0 Å². The van der Waals surface area contributed by atoms with Gasteiger partial charge in [-0.25, -0.2) is 0 Å². The highest BCUT2D eigenvalue weighted by molar-refractivity contribution is 5.10. The van der Waals surface area contributed by atoms with Gasteiger partial charge in [0.25, 0.3) is 0 Å². The third-order valence-electron chi connectivity index (χ3n) is 3.64. The molecule has 0 saturated carbocycles. The van der Waals surface area contributed by atoms with Crippen LogP contribution in [0.2, 0.25) is 0 Å². The third kappa shape index (κ3) is 3.51. The van der Waals surface area contributed by atoms with E-state index in [0.29, 0.717) is 12.1 Å². The Morgan fingerprint density at radius 2 is 2.18 bits per heavy atom. The first-order chi connectivity index (χ1) is 8.29. The second-order valence-electron chi connectivity index (χ2n) is 4.97. The Labute approximate surface area is 104 Å². The summed E-state index contributed by atoms with van der Waals surface area (Å²) in [5, 5.41) is 3.56. The van der Waals surface area contributed by atoms with E-state index in [1.807, 2.05) is 12.4 Å². The summed E-state index contributed by atoms with van der Waals surface area (Å²) in [5.74, 6) is 0. The van der Waals surface area contributed by atoms with Gasteiger partial charge < -0.3 is 5.32 Å². The zero-order chi connectivity index (χ0) is 12.1. The fourth-order valence-electron chi connectivity index (χ4n) is 2.53. The summed E-state index contributed by atoms with van der Waals surface area (Å²) in [6, 6.07) is 5.56. The van der Waals surface area contributed by atoms with Crippen molar-refractivity contribution in [2.24, 2.45) is 0 Å². The molecule has 1 saturated heterocycles. The Morgan fingerprint density at radius 3 is 2.88 bits per heavy atom. The van der Waals surface area contributed by atoms with Crippen molar-refractivity contribution in [3.05, 3.63) is 30.1 Å². The lowest BCUT2D eigenvalue weighted by atomic mass is 10.1. The molecule has 1 aromatic rings. The first-order valence-electron chi connectivity index (χ1n) is 6.66. The normalized spacial score (nSPS) is 26.0. The monoisotopic (exact) mass is 233 g/mol. The smallest absolute Gasteiger partial charge is 0.0270 e. The van der Waals surface area contributed by atoms with E-state index in [2.05, 4.69) is 41.2 Å². The van der Waals surface area contributed by atoms with Gasteiger partial charge in [0.1, 0.15) is 0 Å². The van der Waals surface area contributed by atoms with Crippen LogP contribution in [0.5, 0.6) is 0 Å². The first kappa shape index (κ1) is 12.5.